The Bertz CT molecular complexity index is 975. The highest BCUT2D eigenvalue weighted by atomic mass is 16.5. The quantitative estimate of drug-likeness (QED) is 0.380. The molecule has 0 amide bonds. The Kier molecular flexibility index (Phi) is 5.65. The number of benzene rings is 3. The van der Waals surface area contributed by atoms with Crippen molar-refractivity contribution in [3.05, 3.63) is 107 Å². The van der Waals surface area contributed by atoms with Crippen LogP contribution in [0.3, 0.4) is 0 Å². The molecule has 0 aromatic heterocycles. The first-order valence-corrected chi connectivity index (χ1v) is 8.29. The average molecular weight is 338 g/mol. The first-order valence-electron chi connectivity index (χ1n) is 8.29. The van der Waals surface area contributed by atoms with Crippen LogP contribution in [-0.4, -0.2) is 12.9 Å². The van der Waals surface area contributed by atoms with Crippen LogP contribution < -0.4 is 4.74 Å². The summed E-state index contributed by atoms with van der Waals surface area (Å²) in [6, 6.07) is 24.8. The van der Waals surface area contributed by atoms with Gasteiger partial charge in [-0.1, -0.05) is 66.4 Å². The van der Waals surface area contributed by atoms with Crippen LogP contribution in [0.1, 0.15) is 27.0 Å². The highest BCUT2D eigenvalue weighted by molar-refractivity contribution is 6.08. The van der Waals surface area contributed by atoms with Crippen molar-refractivity contribution < 1.29 is 9.53 Å². The zero-order chi connectivity index (χ0) is 18.2. The van der Waals surface area contributed by atoms with E-state index in [9.17, 15) is 4.79 Å². The van der Waals surface area contributed by atoms with Crippen LogP contribution in [0.2, 0.25) is 0 Å². The van der Waals surface area contributed by atoms with Crippen molar-refractivity contribution in [1.29, 1.82) is 0 Å². The van der Waals surface area contributed by atoms with Gasteiger partial charge < -0.3 is 4.74 Å². The minimum atomic E-state index is -0.106. The lowest BCUT2D eigenvalue weighted by Crippen LogP contribution is -1.99. The maximum absolute atomic E-state index is 12.7. The lowest BCUT2D eigenvalue weighted by molar-refractivity contribution is 0.104. The number of rotatable bonds is 4. The minimum Gasteiger partial charge on any atom is -0.497 e. The standard InChI is InChI=1S/C24H18O2/c1-26-22-16-15-21(14-12-19-8-4-2-5-9-19)23(18-22)24(25)17-13-20-10-6-3-7-11-20/h2-11,13,15-18H,1H3/b17-13+. The summed E-state index contributed by atoms with van der Waals surface area (Å²) in [6.07, 6.45) is 3.37. The molecule has 0 unspecified atom stereocenters. The number of hydrogen-bond acceptors (Lipinski definition) is 2. The van der Waals surface area contributed by atoms with Crippen LogP contribution in [0.15, 0.2) is 84.9 Å². The van der Waals surface area contributed by atoms with E-state index in [1.54, 1.807) is 25.3 Å². The Balaban J connectivity index is 1.93. The fraction of sp³-hybridized carbons (Fsp3) is 0.0417. The second-order valence-corrected chi connectivity index (χ2v) is 5.64. The number of methoxy groups -OCH3 is 1. The molecule has 0 spiro atoms. The summed E-state index contributed by atoms with van der Waals surface area (Å²) in [5, 5.41) is 0. The molecule has 3 aromatic rings. The predicted molar refractivity (Wildman–Crippen MR) is 105 cm³/mol. The van der Waals surface area contributed by atoms with Gasteiger partial charge in [-0.3, -0.25) is 4.79 Å². The second-order valence-electron chi connectivity index (χ2n) is 5.64. The molecule has 0 atom stereocenters. The van der Waals surface area contributed by atoms with Crippen LogP contribution in [0.5, 0.6) is 5.75 Å². The van der Waals surface area contributed by atoms with Crippen LogP contribution in [0, 0.1) is 11.8 Å². The zero-order valence-corrected chi connectivity index (χ0v) is 14.5. The fourth-order valence-corrected chi connectivity index (χ4v) is 2.45. The monoisotopic (exact) mass is 338 g/mol. The van der Waals surface area contributed by atoms with Crippen molar-refractivity contribution >= 4 is 11.9 Å². The molecule has 0 saturated heterocycles. The van der Waals surface area contributed by atoms with Crippen molar-refractivity contribution in [3.63, 3.8) is 0 Å². The van der Waals surface area contributed by atoms with Gasteiger partial charge in [0.2, 0.25) is 0 Å². The van der Waals surface area contributed by atoms with Gasteiger partial charge in [-0.05, 0) is 42.0 Å². The van der Waals surface area contributed by atoms with Crippen LogP contribution in [-0.2, 0) is 0 Å². The molecule has 126 valence electrons. The van der Waals surface area contributed by atoms with E-state index in [4.69, 9.17) is 4.74 Å². The van der Waals surface area contributed by atoms with E-state index in [0.29, 0.717) is 16.9 Å². The molecule has 3 rings (SSSR count). The SMILES string of the molecule is COc1ccc(C#Cc2ccccc2)c(C(=O)/C=C/c2ccccc2)c1. The third kappa shape index (κ3) is 4.49. The van der Waals surface area contributed by atoms with E-state index in [2.05, 4.69) is 11.8 Å². The van der Waals surface area contributed by atoms with E-state index in [-0.39, 0.29) is 5.78 Å². The molecule has 0 N–H and O–H groups in total. The summed E-state index contributed by atoms with van der Waals surface area (Å²) in [5.41, 5.74) is 3.08. The third-order valence-corrected chi connectivity index (χ3v) is 3.83. The Hall–Kier alpha value is -3.57. The summed E-state index contributed by atoms with van der Waals surface area (Å²) in [5.74, 6) is 6.72. The smallest absolute Gasteiger partial charge is 0.187 e. The maximum Gasteiger partial charge on any atom is 0.187 e. The first kappa shape index (κ1) is 17.3. The molecule has 0 bridgehead atoms. The Morgan fingerprint density at radius 3 is 2.27 bits per heavy atom. The van der Waals surface area contributed by atoms with Crippen LogP contribution >= 0.6 is 0 Å². The normalized spacial score (nSPS) is 10.2. The maximum atomic E-state index is 12.7. The molecule has 0 saturated carbocycles. The molecule has 0 aliphatic rings. The predicted octanol–water partition coefficient (Wildman–Crippen LogP) is 4.99. The highest BCUT2D eigenvalue weighted by Gasteiger charge is 2.09. The zero-order valence-electron chi connectivity index (χ0n) is 14.5. The van der Waals surface area contributed by atoms with Gasteiger partial charge in [0.1, 0.15) is 5.75 Å². The van der Waals surface area contributed by atoms with Gasteiger partial charge in [0.15, 0.2) is 5.78 Å². The van der Waals surface area contributed by atoms with E-state index >= 15 is 0 Å². The number of ketones is 1. The topological polar surface area (TPSA) is 26.3 Å². The van der Waals surface area contributed by atoms with Crippen LogP contribution in [0.25, 0.3) is 6.08 Å². The van der Waals surface area contributed by atoms with Crippen molar-refractivity contribution in [2.24, 2.45) is 0 Å². The molecule has 3 aromatic carbocycles. The highest BCUT2D eigenvalue weighted by Crippen LogP contribution is 2.19. The molecular weight excluding hydrogens is 320 g/mol. The minimum absolute atomic E-state index is 0.106. The van der Waals surface area contributed by atoms with E-state index in [1.165, 1.54) is 0 Å². The van der Waals surface area contributed by atoms with Gasteiger partial charge in [-0.15, -0.1) is 0 Å². The van der Waals surface area contributed by atoms with E-state index in [1.807, 2.05) is 72.8 Å². The van der Waals surface area contributed by atoms with Gasteiger partial charge in [0.05, 0.1) is 7.11 Å². The van der Waals surface area contributed by atoms with Gasteiger partial charge in [0.25, 0.3) is 0 Å². The Labute approximate surface area is 153 Å². The van der Waals surface area contributed by atoms with Crippen molar-refractivity contribution in [3.8, 4) is 17.6 Å². The molecular formula is C24H18O2. The second kappa shape index (κ2) is 8.50. The fourth-order valence-electron chi connectivity index (χ4n) is 2.45. The van der Waals surface area contributed by atoms with Gasteiger partial charge in [0, 0.05) is 16.7 Å². The van der Waals surface area contributed by atoms with Crippen molar-refractivity contribution in [2.45, 2.75) is 0 Å². The van der Waals surface area contributed by atoms with E-state index in [0.717, 1.165) is 11.1 Å². The summed E-state index contributed by atoms with van der Waals surface area (Å²) < 4.78 is 5.26. The summed E-state index contributed by atoms with van der Waals surface area (Å²) >= 11 is 0. The molecule has 0 radical (unpaired) electrons. The van der Waals surface area contributed by atoms with Gasteiger partial charge >= 0.3 is 0 Å². The van der Waals surface area contributed by atoms with Gasteiger partial charge in [-0.25, -0.2) is 0 Å². The van der Waals surface area contributed by atoms with Gasteiger partial charge in [-0.2, -0.15) is 0 Å². The third-order valence-electron chi connectivity index (χ3n) is 3.83. The number of ether oxygens (including phenoxy) is 1. The molecule has 0 aliphatic carbocycles. The number of carbonyl (C=O) groups is 1. The van der Waals surface area contributed by atoms with E-state index < -0.39 is 0 Å². The summed E-state index contributed by atoms with van der Waals surface area (Å²) in [6.45, 7) is 0. The molecule has 0 heterocycles. The van der Waals surface area contributed by atoms with Crippen molar-refractivity contribution in [2.75, 3.05) is 7.11 Å². The number of allylic oxidation sites excluding steroid dienone is 1. The van der Waals surface area contributed by atoms with Crippen molar-refractivity contribution in [1.82, 2.24) is 0 Å². The average Bonchev–Trinajstić information content (AvgIpc) is 2.72. The summed E-state index contributed by atoms with van der Waals surface area (Å²) in [4.78, 5) is 12.7. The Morgan fingerprint density at radius 1 is 0.885 bits per heavy atom. The summed E-state index contributed by atoms with van der Waals surface area (Å²) in [7, 11) is 1.58. The molecule has 0 fully saturated rings. The first-order chi connectivity index (χ1) is 12.8. The lowest BCUT2D eigenvalue weighted by Gasteiger charge is -2.05. The molecule has 0 aliphatic heterocycles. The molecule has 26 heavy (non-hydrogen) atoms. The van der Waals surface area contributed by atoms with Crippen LogP contribution in [0.4, 0.5) is 0 Å². The lowest BCUT2D eigenvalue weighted by atomic mass is 10.0. The largest absolute Gasteiger partial charge is 0.497 e. The number of hydrogen-bond donors (Lipinski definition) is 0. The molecule has 2 nitrogen and oxygen atoms in total. The Morgan fingerprint density at radius 2 is 1.58 bits per heavy atom. The molecule has 2 heteroatoms. The number of carbonyl (C=O) groups excluding carboxylic acids is 1.